The predicted octanol–water partition coefficient (Wildman–Crippen LogP) is 2.78. The van der Waals surface area contributed by atoms with Crippen molar-refractivity contribution in [2.24, 2.45) is 0 Å². The van der Waals surface area contributed by atoms with Crippen molar-refractivity contribution in [3.05, 3.63) is 59.7 Å². The lowest BCUT2D eigenvalue weighted by Crippen LogP contribution is -2.40. The van der Waals surface area contributed by atoms with E-state index in [0.717, 1.165) is 31.5 Å². The minimum absolute atomic E-state index is 0.0301. The van der Waals surface area contributed by atoms with E-state index in [1.54, 1.807) is 0 Å². The van der Waals surface area contributed by atoms with Gasteiger partial charge in [0.05, 0.1) is 6.04 Å². The van der Waals surface area contributed by atoms with Crippen molar-refractivity contribution in [3.8, 4) is 11.1 Å². The summed E-state index contributed by atoms with van der Waals surface area (Å²) in [6.45, 7) is 2.44. The molecule has 2 aromatic rings. The van der Waals surface area contributed by atoms with E-state index in [4.69, 9.17) is 0 Å². The Balaban J connectivity index is 1.70. The molecule has 0 bridgehead atoms. The summed E-state index contributed by atoms with van der Waals surface area (Å²) in [4.78, 5) is 14.4. The molecule has 0 aliphatic carbocycles. The maximum Gasteiger partial charge on any atom is 0.237 e. The topological polar surface area (TPSA) is 44.4 Å². The molecule has 2 N–H and O–H groups in total. The summed E-state index contributed by atoms with van der Waals surface area (Å²) >= 11 is 0. The zero-order valence-corrected chi connectivity index (χ0v) is 15.1. The highest BCUT2D eigenvalue weighted by Crippen LogP contribution is 2.24. The maximum absolute atomic E-state index is 12.2. The zero-order chi connectivity index (χ0) is 17.6. The van der Waals surface area contributed by atoms with Gasteiger partial charge in [0.1, 0.15) is 0 Å². The van der Waals surface area contributed by atoms with Crippen molar-refractivity contribution in [1.82, 2.24) is 15.5 Å². The molecule has 0 saturated carbocycles. The second kappa shape index (κ2) is 8.28. The van der Waals surface area contributed by atoms with Crippen LogP contribution in [0.5, 0.6) is 0 Å². The molecule has 4 nitrogen and oxygen atoms in total. The van der Waals surface area contributed by atoms with Crippen LogP contribution in [0, 0.1) is 0 Å². The number of nitrogens with zero attached hydrogens (tertiary/aromatic N) is 1. The molecular weight excluding hydrogens is 310 g/mol. The molecule has 0 radical (unpaired) electrons. The lowest BCUT2D eigenvalue weighted by atomic mass is 9.98. The fraction of sp³-hybridized carbons (Fsp3) is 0.381. The van der Waals surface area contributed by atoms with E-state index < -0.39 is 0 Å². The predicted molar refractivity (Wildman–Crippen MR) is 102 cm³/mol. The van der Waals surface area contributed by atoms with Gasteiger partial charge in [-0.15, -0.1) is 0 Å². The Hall–Kier alpha value is -2.17. The molecule has 3 rings (SSSR count). The molecule has 1 aliphatic rings. The Morgan fingerprint density at radius 2 is 1.92 bits per heavy atom. The third-order valence-electron chi connectivity index (χ3n) is 4.61. The van der Waals surface area contributed by atoms with E-state index in [2.05, 4.69) is 66.0 Å². The first-order chi connectivity index (χ1) is 12.1. The molecule has 132 valence electrons. The normalized spacial score (nSPS) is 17.0. The van der Waals surface area contributed by atoms with Crippen LogP contribution in [0.2, 0.25) is 0 Å². The summed E-state index contributed by atoms with van der Waals surface area (Å²) in [5.41, 5.74) is 4.81. The molecule has 1 saturated heterocycles. The largest absolute Gasteiger partial charge is 0.351 e. The summed E-state index contributed by atoms with van der Waals surface area (Å²) in [5.74, 6) is 0.105. The molecule has 1 fully saturated rings. The quantitative estimate of drug-likeness (QED) is 0.852. The number of rotatable bonds is 6. The van der Waals surface area contributed by atoms with Gasteiger partial charge in [-0.2, -0.15) is 0 Å². The van der Waals surface area contributed by atoms with Gasteiger partial charge in [-0.1, -0.05) is 48.5 Å². The molecule has 1 atom stereocenters. The van der Waals surface area contributed by atoms with Crippen molar-refractivity contribution < 1.29 is 4.79 Å². The summed E-state index contributed by atoms with van der Waals surface area (Å²) in [5, 5.41) is 6.33. The van der Waals surface area contributed by atoms with Crippen molar-refractivity contribution in [3.63, 3.8) is 0 Å². The molecule has 2 aromatic carbocycles. The van der Waals surface area contributed by atoms with Crippen molar-refractivity contribution >= 4 is 5.91 Å². The van der Waals surface area contributed by atoms with E-state index in [1.165, 1.54) is 16.7 Å². The Morgan fingerprint density at radius 1 is 1.16 bits per heavy atom. The number of carbonyl (C=O) groups is 1. The van der Waals surface area contributed by atoms with Crippen LogP contribution in [-0.4, -0.2) is 37.5 Å². The molecule has 4 heteroatoms. The molecule has 1 aliphatic heterocycles. The molecule has 1 amide bonds. The summed E-state index contributed by atoms with van der Waals surface area (Å²) in [7, 11) is 4.15. The SMILES string of the molecule is CN(C)Cc1ccc(-c2ccccc2CNC(=O)[C@H]2CCCN2)cc1. The number of nitrogens with one attached hydrogen (secondary N) is 2. The summed E-state index contributed by atoms with van der Waals surface area (Å²) < 4.78 is 0. The highest BCUT2D eigenvalue weighted by molar-refractivity contribution is 5.82. The van der Waals surface area contributed by atoms with Gasteiger partial charge in [0.25, 0.3) is 0 Å². The van der Waals surface area contributed by atoms with Gasteiger partial charge in [0, 0.05) is 13.1 Å². The van der Waals surface area contributed by atoms with Gasteiger partial charge in [-0.3, -0.25) is 4.79 Å². The first-order valence-corrected chi connectivity index (χ1v) is 8.96. The number of hydrogen-bond acceptors (Lipinski definition) is 3. The van der Waals surface area contributed by atoms with E-state index >= 15 is 0 Å². The van der Waals surface area contributed by atoms with E-state index in [1.807, 2.05) is 12.1 Å². The van der Waals surface area contributed by atoms with Gasteiger partial charge in [-0.05, 0) is 55.7 Å². The van der Waals surface area contributed by atoms with Gasteiger partial charge < -0.3 is 15.5 Å². The lowest BCUT2D eigenvalue weighted by Gasteiger charge is -2.14. The van der Waals surface area contributed by atoms with E-state index in [0.29, 0.717) is 6.54 Å². The van der Waals surface area contributed by atoms with Gasteiger partial charge in [0.2, 0.25) is 5.91 Å². The Labute approximate surface area is 150 Å². The standard InChI is InChI=1S/C21H27N3O/c1-24(2)15-16-9-11-17(12-10-16)19-7-4-3-6-18(19)14-23-21(25)20-8-5-13-22-20/h3-4,6-7,9-12,20,22H,5,8,13-15H2,1-2H3,(H,23,25)/t20-/m1/s1. The second-order valence-electron chi connectivity index (χ2n) is 6.96. The lowest BCUT2D eigenvalue weighted by molar-refractivity contribution is -0.122. The van der Waals surface area contributed by atoms with Crippen LogP contribution in [0.3, 0.4) is 0 Å². The number of carbonyl (C=O) groups excluding carboxylic acids is 1. The second-order valence-corrected chi connectivity index (χ2v) is 6.96. The highest BCUT2D eigenvalue weighted by Gasteiger charge is 2.21. The van der Waals surface area contributed by atoms with Crippen molar-refractivity contribution in [2.75, 3.05) is 20.6 Å². The first kappa shape index (κ1) is 17.6. The highest BCUT2D eigenvalue weighted by atomic mass is 16.2. The molecular formula is C21H27N3O. The van der Waals surface area contributed by atoms with Gasteiger partial charge in [0.15, 0.2) is 0 Å². The minimum atomic E-state index is -0.0301. The van der Waals surface area contributed by atoms with Crippen LogP contribution in [0.1, 0.15) is 24.0 Å². The molecule has 0 aromatic heterocycles. The average molecular weight is 337 g/mol. The van der Waals surface area contributed by atoms with Crippen LogP contribution in [-0.2, 0) is 17.9 Å². The third-order valence-corrected chi connectivity index (χ3v) is 4.61. The van der Waals surface area contributed by atoms with Gasteiger partial charge in [-0.25, -0.2) is 0 Å². The fourth-order valence-corrected chi connectivity index (χ4v) is 3.32. The molecule has 25 heavy (non-hydrogen) atoms. The smallest absolute Gasteiger partial charge is 0.237 e. The van der Waals surface area contributed by atoms with Crippen LogP contribution < -0.4 is 10.6 Å². The average Bonchev–Trinajstić information content (AvgIpc) is 3.15. The van der Waals surface area contributed by atoms with Crippen LogP contribution in [0.25, 0.3) is 11.1 Å². The summed E-state index contributed by atoms with van der Waals surface area (Å²) in [6, 6.07) is 16.9. The van der Waals surface area contributed by atoms with Gasteiger partial charge >= 0.3 is 0 Å². The fourth-order valence-electron chi connectivity index (χ4n) is 3.32. The minimum Gasteiger partial charge on any atom is -0.351 e. The van der Waals surface area contributed by atoms with E-state index in [-0.39, 0.29) is 11.9 Å². The van der Waals surface area contributed by atoms with E-state index in [9.17, 15) is 4.79 Å². The van der Waals surface area contributed by atoms with Crippen LogP contribution in [0.15, 0.2) is 48.5 Å². The number of benzene rings is 2. The monoisotopic (exact) mass is 337 g/mol. The zero-order valence-electron chi connectivity index (χ0n) is 15.1. The Kier molecular flexibility index (Phi) is 5.84. The van der Waals surface area contributed by atoms with Crippen molar-refractivity contribution in [2.45, 2.75) is 32.0 Å². The first-order valence-electron chi connectivity index (χ1n) is 8.96. The Morgan fingerprint density at radius 3 is 2.60 bits per heavy atom. The van der Waals surface area contributed by atoms with Crippen LogP contribution >= 0.6 is 0 Å². The van der Waals surface area contributed by atoms with Crippen molar-refractivity contribution in [1.29, 1.82) is 0 Å². The number of amides is 1. The Bertz CT molecular complexity index is 703. The molecule has 0 spiro atoms. The third kappa shape index (κ3) is 4.68. The van der Waals surface area contributed by atoms with Crippen LogP contribution in [0.4, 0.5) is 0 Å². The maximum atomic E-state index is 12.2. The summed E-state index contributed by atoms with van der Waals surface area (Å²) in [6.07, 6.45) is 2.01. The molecule has 0 unspecified atom stereocenters. The number of hydrogen-bond donors (Lipinski definition) is 2. The molecule has 1 heterocycles.